The highest BCUT2D eigenvalue weighted by atomic mass is 32.2. The molecular formula is C15H19N5O2S. The summed E-state index contributed by atoms with van der Waals surface area (Å²) in [6, 6.07) is 4.75. The van der Waals surface area contributed by atoms with Crippen LogP contribution in [0.15, 0.2) is 35.5 Å². The minimum Gasteiger partial charge on any atom is -0.373 e. The first-order chi connectivity index (χ1) is 11.0. The Kier molecular flexibility index (Phi) is 4.27. The van der Waals surface area contributed by atoms with E-state index in [1.807, 2.05) is 6.07 Å². The monoisotopic (exact) mass is 333 g/mol. The van der Waals surface area contributed by atoms with E-state index in [4.69, 9.17) is 0 Å². The van der Waals surface area contributed by atoms with Crippen molar-refractivity contribution >= 4 is 15.8 Å². The van der Waals surface area contributed by atoms with Gasteiger partial charge in [0.2, 0.25) is 10.0 Å². The van der Waals surface area contributed by atoms with E-state index in [9.17, 15) is 8.42 Å². The van der Waals surface area contributed by atoms with E-state index in [2.05, 4.69) is 20.3 Å². The maximum Gasteiger partial charge on any atom is 0.245 e. The van der Waals surface area contributed by atoms with Crippen LogP contribution in [-0.4, -0.2) is 41.3 Å². The normalized spacial score (nSPS) is 19.0. The van der Waals surface area contributed by atoms with Gasteiger partial charge in [0.25, 0.3) is 0 Å². The number of pyridine rings is 1. The summed E-state index contributed by atoms with van der Waals surface area (Å²) in [6.07, 6.45) is 4.50. The summed E-state index contributed by atoms with van der Waals surface area (Å²) >= 11 is 0. The molecule has 2 aromatic rings. The summed E-state index contributed by atoms with van der Waals surface area (Å²) in [6.45, 7) is 2.29. The number of sulfonamides is 1. The molecule has 0 aromatic carbocycles. The van der Waals surface area contributed by atoms with Gasteiger partial charge in [0.15, 0.2) is 0 Å². The quantitative estimate of drug-likeness (QED) is 0.917. The second-order valence-corrected chi connectivity index (χ2v) is 7.33. The average molecular weight is 333 g/mol. The van der Waals surface area contributed by atoms with Gasteiger partial charge in [-0.1, -0.05) is 0 Å². The number of nitrogens with one attached hydrogen (secondary N) is 1. The molecule has 7 nitrogen and oxygen atoms in total. The molecule has 1 aliphatic rings. The Hall–Kier alpha value is -2.06. The first-order valence-corrected chi connectivity index (χ1v) is 8.91. The molecule has 2 aromatic heterocycles. The second-order valence-electron chi connectivity index (χ2n) is 5.44. The molecule has 1 fully saturated rings. The van der Waals surface area contributed by atoms with Crippen LogP contribution in [0, 0.1) is 6.92 Å². The molecule has 0 spiro atoms. The molecule has 0 bridgehead atoms. The van der Waals surface area contributed by atoms with Gasteiger partial charge in [-0.25, -0.2) is 18.4 Å². The number of rotatable bonds is 4. The Balaban J connectivity index is 1.99. The summed E-state index contributed by atoms with van der Waals surface area (Å²) < 4.78 is 27.3. The van der Waals surface area contributed by atoms with Crippen molar-refractivity contribution in [3.63, 3.8) is 0 Å². The van der Waals surface area contributed by atoms with Crippen LogP contribution >= 0.6 is 0 Å². The Morgan fingerprint density at radius 3 is 2.87 bits per heavy atom. The van der Waals surface area contributed by atoms with Gasteiger partial charge in [-0.15, -0.1) is 0 Å². The fraction of sp³-hybridized carbons (Fsp3) is 0.400. The SMILES string of the molecule is CNc1cc(C2CCCN2S(=O)(=O)c2cccnc2)nc(C)n1. The molecule has 3 rings (SSSR count). The van der Waals surface area contributed by atoms with E-state index < -0.39 is 10.0 Å². The van der Waals surface area contributed by atoms with E-state index >= 15 is 0 Å². The van der Waals surface area contributed by atoms with Crippen molar-refractivity contribution in [3.8, 4) is 0 Å². The molecule has 23 heavy (non-hydrogen) atoms. The first-order valence-electron chi connectivity index (χ1n) is 7.47. The van der Waals surface area contributed by atoms with Gasteiger partial charge in [0, 0.05) is 32.1 Å². The lowest BCUT2D eigenvalue weighted by molar-refractivity contribution is 0.389. The largest absolute Gasteiger partial charge is 0.373 e. The molecule has 3 heterocycles. The van der Waals surface area contributed by atoms with Crippen molar-refractivity contribution in [1.82, 2.24) is 19.3 Å². The summed E-state index contributed by atoms with van der Waals surface area (Å²) in [5, 5.41) is 2.99. The van der Waals surface area contributed by atoms with Gasteiger partial charge >= 0.3 is 0 Å². The number of hydrogen-bond donors (Lipinski definition) is 1. The Morgan fingerprint density at radius 2 is 2.17 bits per heavy atom. The Labute approximate surface area is 135 Å². The number of anilines is 1. The Morgan fingerprint density at radius 1 is 1.35 bits per heavy atom. The van der Waals surface area contributed by atoms with Gasteiger partial charge in [-0.3, -0.25) is 4.98 Å². The van der Waals surface area contributed by atoms with Crippen molar-refractivity contribution < 1.29 is 8.42 Å². The van der Waals surface area contributed by atoms with E-state index in [-0.39, 0.29) is 10.9 Å². The van der Waals surface area contributed by atoms with Crippen molar-refractivity contribution in [2.24, 2.45) is 0 Å². The lowest BCUT2D eigenvalue weighted by Crippen LogP contribution is -2.31. The van der Waals surface area contributed by atoms with E-state index in [0.717, 1.165) is 18.5 Å². The number of nitrogens with zero attached hydrogens (tertiary/aromatic N) is 4. The highest BCUT2D eigenvalue weighted by Crippen LogP contribution is 2.36. The molecular weight excluding hydrogens is 314 g/mol. The highest BCUT2D eigenvalue weighted by Gasteiger charge is 2.37. The molecule has 1 saturated heterocycles. The van der Waals surface area contributed by atoms with Gasteiger partial charge < -0.3 is 5.32 Å². The summed E-state index contributed by atoms with van der Waals surface area (Å²) in [4.78, 5) is 12.9. The topological polar surface area (TPSA) is 88.1 Å². The molecule has 1 atom stereocenters. The molecule has 0 aliphatic carbocycles. The minimum atomic E-state index is -3.58. The minimum absolute atomic E-state index is 0.214. The van der Waals surface area contributed by atoms with Gasteiger partial charge in [0.05, 0.1) is 11.7 Å². The zero-order valence-corrected chi connectivity index (χ0v) is 13.9. The molecule has 122 valence electrons. The average Bonchev–Trinajstić information content (AvgIpc) is 3.05. The van der Waals surface area contributed by atoms with Crippen molar-refractivity contribution in [3.05, 3.63) is 42.1 Å². The second kappa shape index (κ2) is 6.21. The molecule has 0 saturated carbocycles. The maximum absolute atomic E-state index is 12.9. The highest BCUT2D eigenvalue weighted by molar-refractivity contribution is 7.89. The van der Waals surface area contributed by atoms with Gasteiger partial charge in [-0.2, -0.15) is 4.31 Å². The zero-order valence-electron chi connectivity index (χ0n) is 13.1. The van der Waals surface area contributed by atoms with Crippen LogP contribution in [0.5, 0.6) is 0 Å². The third-order valence-electron chi connectivity index (χ3n) is 3.90. The van der Waals surface area contributed by atoms with Crippen molar-refractivity contribution in [2.45, 2.75) is 30.7 Å². The van der Waals surface area contributed by atoms with Crippen LogP contribution in [-0.2, 0) is 10.0 Å². The number of aryl methyl sites for hydroxylation is 1. The standard InChI is InChI=1S/C15H19N5O2S/c1-11-18-13(9-15(16-2)19-11)14-6-4-8-20(14)23(21,22)12-5-3-7-17-10-12/h3,5,7,9-10,14H,4,6,8H2,1-2H3,(H,16,18,19). The van der Waals surface area contributed by atoms with Crippen LogP contribution < -0.4 is 5.32 Å². The number of hydrogen-bond acceptors (Lipinski definition) is 6. The molecule has 1 unspecified atom stereocenters. The number of aromatic nitrogens is 3. The summed E-state index contributed by atoms with van der Waals surface area (Å²) in [7, 11) is -1.80. The fourth-order valence-electron chi connectivity index (χ4n) is 2.85. The van der Waals surface area contributed by atoms with Crippen molar-refractivity contribution in [1.29, 1.82) is 0 Å². The Bertz CT molecular complexity index is 795. The lowest BCUT2D eigenvalue weighted by atomic mass is 10.1. The van der Waals surface area contributed by atoms with Gasteiger partial charge in [-0.05, 0) is 31.9 Å². The predicted molar refractivity (Wildman–Crippen MR) is 86.4 cm³/mol. The molecule has 1 N–H and O–H groups in total. The smallest absolute Gasteiger partial charge is 0.245 e. The van der Waals surface area contributed by atoms with Crippen molar-refractivity contribution in [2.75, 3.05) is 18.9 Å². The van der Waals surface area contributed by atoms with Crippen LogP contribution in [0.1, 0.15) is 30.4 Å². The molecule has 0 radical (unpaired) electrons. The van der Waals surface area contributed by atoms with E-state index in [1.54, 1.807) is 32.3 Å². The van der Waals surface area contributed by atoms with E-state index in [1.165, 1.54) is 10.5 Å². The third kappa shape index (κ3) is 3.04. The molecule has 8 heteroatoms. The van der Waals surface area contributed by atoms with Crippen LogP contribution in [0.3, 0.4) is 0 Å². The van der Waals surface area contributed by atoms with Crippen LogP contribution in [0.2, 0.25) is 0 Å². The predicted octanol–water partition coefficient (Wildman–Crippen LogP) is 1.75. The van der Waals surface area contributed by atoms with Crippen LogP contribution in [0.25, 0.3) is 0 Å². The first kappa shape index (κ1) is 15.8. The van der Waals surface area contributed by atoms with Crippen LogP contribution in [0.4, 0.5) is 5.82 Å². The lowest BCUT2D eigenvalue weighted by Gasteiger charge is -2.24. The molecule has 0 amide bonds. The zero-order chi connectivity index (χ0) is 16.4. The maximum atomic E-state index is 12.9. The van der Waals surface area contributed by atoms with Gasteiger partial charge in [0.1, 0.15) is 16.5 Å². The third-order valence-corrected chi connectivity index (χ3v) is 5.79. The fourth-order valence-corrected chi connectivity index (χ4v) is 4.48. The summed E-state index contributed by atoms with van der Waals surface area (Å²) in [5.41, 5.74) is 0.729. The van der Waals surface area contributed by atoms with E-state index in [0.29, 0.717) is 18.2 Å². The molecule has 1 aliphatic heterocycles. The summed E-state index contributed by atoms with van der Waals surface area (Å²) in [5.74, 6) is 1.32.